The van der Waals surface area contributed by atoms with Crippen LogP contribution in [-0.4, -0.2) is 5.75 Å². The molecule has 56 heavy (non-hydrogen) atoms. The molecule has 1 heteroatoms. The molecule has 0 saturated heterocycles. The first kappa shape index (κ1) is 36.3. The third kappa shape index (κ3) is 7.10. The van der Waals surface area contributed by atoms with Crippen LogP contribution in [0.1, 0.15) is 62.5 Å². The van der Waals surface area contributed by atoms with Gasteiger partial charge < -0.3 is 0 Å². The maximum Gasteiger partial charge on any atom is -0.00260 e. The second kappa shape index (κ2) is 16.4. The van der Waals surface area contributed by atoms with Gasteiger partial charge in [-0.1, -0.05) is 190 Å². The van der Waals surface area contributed by atoms with Gasteiger partial charge in [0.15, 0.2) is 0 Å². The van der Waals surface area contributed by atoms with Gasteiger partial charge in [0.05, 0.1) is 0 Å². The summed E-state index contributed by atoms with van der Waals surface area (Å²) in [4.78, 5) is 0. The smallest absolute Gasteiger partial charge is 0.00260 e. The van der Waals surface area contributed by atoms with Crippen molar-refractivity contribution in [3.63, 3.8) is 0 Å². The van der Waals surface area contributed by atoms with Gasteiger partial charge in [0.25, 0.3) is 0 Å². The Hall–Kier alpha value is -5.37. The van der Waals surface area contributed by atoms with Crippen molar-refractivity contribution >= 4 is 66.5 Å². The summed E-state index contributed by atoms with van der Waals surface area (Å²) in [6.07, 6.45) is 11.5. The zero-order valence-corrected chi connectivity index (χ0v) is 33.4. The summed E-state index contributed by atoms with van der Waals surface area (Å²) in [5.41, 5.74) is 10.5. The Morgan fingerprint density at radius 1 is 0.321 bits per heavy atom. The number of rotatable bonds is 13. The molecule has 0 aliphatic carbocycles. The van der Waals surface area contributed by atoms with E-state index in [0.29, 0.717) is 0 Å². The molecular weight excluding hydrogens is 693 g/mol. The molecule has 0 nitrogen and oxygen atoms in total. The number of thiol groups is 1. The summed E-state index contributed by atoms with van der Waals surface area (Å²) in [7, 11) is 0. The average molecular weight is 743 g/mol. The molecule has 0 spiro atoms. The van der Waals surface area contributed by atoms with Gasteiger partial charge >= 0.3 is 0 Å². The highest BCUT2D eigenvalue weighted by Gasteiger charge is 2.19. The highest BCUT2D eigenvalue weighted by molar-refractivity contribution is 7.80. The monoisotopic (exact) mass is 742 g/mol. The topological polar surface area (TPSA) is 0 Å². The molecule has 0 atom stereocenters. The van der Waals surface area contributed by atoms with Crippen LogP contribution in [0.2, 0.25) is 0 Å². The lowest BCUT2D eigenvalue weighted by Gasteiger charge is -2.20. The maximum atomic E-state index is 4.38. The van der Waals surface area contributed by atoms with Gasteiger partial charge in [0.2, 0.25) is 0 Å². The fraction of sp³-hybridized carbons (Fsp3) is 0.200. The molecule has 0 amide bonds. The molecule has 0 aliphatic rings. The summed E-state index contributed by atoms with van der Waals surface area (Å²) < 4.78 is 0. The molecule has 276 valence electrons. The van der Waals surface area contributed by atoms with Crippen LogP contribution in [0.15, 0.2) is 158 Å². The molecule has 0 saturated carbocycles. The van der Waals surface area contributed by atoms with E-state index < -0.39 is 0 Å². The van der Waals surface area contributed by atoms with Crippen LogP contribution in [0.3, 0.4) is 0 Å². The predicted molar refractivity (Wildman–Crippen MR) is 250 cm³/mol. The first-order valence-corrected chi connectivity index (χ1v) is 21.4. The van der Waals surface area contributed by atoms with Crippen LogP contribution in [0.4, 0.5) is 0 Å². The normalized spacial score (nSPS) is 11.8. The number of fused-ring (bicyclic) bond motifs is 8. The Kier molecular flexibility index (Phi) is 10.6. The summed E-state index contributed by atoms with van der Waals surface area (Å²) in [5, 5.41) is 13.1. The number of benzene rings is 9. The zero-order valence-electron chi connectivity index (χ0n) is 32.5. The fourth-order valence-electron chi connectivity index (χ4n) is 9.26. The minimum absolute atomic E-state index is 1.01. The van der Waals surface area contributed by atoms with E-state index in [4.69, 9.17) is 0 Å². The largest absolute Gasteiger partial charge is 0.179 e. The SMILES string of the molecule is Cc1ccc2c(-c3ccc4c5ccccc5c5ccccc5c4c3)c3ccccc3c(-c3cc(CCCCCCCCCCS)cc(-c4ccccc4)c3)c2c1. The Balaban J connectivity index is 1.19. The molecule has 0 fully saturated rings. The molecule has 9 aromatic rings. The van der Waals surface area contributed by atoms with Crippen LogP contribution in [0.25, 0.3) is 87.2 Å². The van der Waals surface area contributed by atoms with Gasteiger partial charge in [-0.3, -0.25) is 0 Å². The second-order valence-corrected chi connectivity index (χ2v) is 16.2. The van der Waals surface area contributed by atoms with Crippen molar-refractivity contribution in [2.24, 2.45) is 0 Å². The molecule has 0 radical (unpaired) electrons. The highest BCUT2D eigenvalue weighted by atomic mass is 32.1. The molecule has 0 aromatic heterocycles. The van der Waals surface area contributed by atoms with Gasteiger partial charge in [-0.15, -0.1) is 0 Å². The molecule has 9 aromatic carbocycles. The van der Waals surface area contributed by atoms with E-state index in [0.717, 1.165) is 12.2 Å². The Morgan fingerprint density at radius 3 is 1.45 bits per heavy atom. The molecule has 0 unspecified atom stereocenters. The average Bonchev–Trinajstić information content (AvgIpc) is 3.25. The Morgan fingerprint density at radius 2 is 0.804 bits per heavy atom. The molecule has 0 bridgehead atoms. The zero-order chi connectivity index (χ0) is 37.8. The van der Waals surface area contributed by atoms with Crippen LogP contribution < -0.4 is 0 Å². The molecule has 0 heterocycles. The fourth-order valence-corrected chi connectivity index (χ4v) is 9.48. The maximum absolute atomic E-state index is 4.38. The van der Waals surface area contributed by atoms with Crippen molar-refractivity contribution in [1.82, 2.24) is 0 Å². The molecule has 0 aliphatic heterocycles. The standard InChI is InChI=1S/C55H50S/c1-38-28-30-51-53(33-38)55(43-35-39(19-9-6-4-2-3-5-7-18-32-56)34-42(36-43)40-20-10-8-11-21-40)50-27-17-16-26-49(50)54(51)41-29-31-48-46-24-13-12-22-44(46)45-23-14-15-25-47(45)52(48)37-41/h8,10-17,20-31,33-37,56H,2-7,9,18-19,32H2,1H3. The lowest BCUT2D eigenvalue weighted by molar-refractivity contribution is 0.577. The van der Waals surface area contributed by atoms with E-state index in [1.54, 1.807) is 0 Å². The van der Waals surface area contributed by atoms with Gasteiger partial charge in [-0.2, -0.15) is 12.6 Å². The minimum atomic E-state index is 1.01. The molecular formula is C55H50S. The first-order chi connectivity index (χ1) is 27.7. The predicted octanol–water partition coefficient (Wildman–Crippen LogP) is 16.4. The van der Waals surface area contributed by atoms with Crippen LogP contribution in [0.5, 0.6) is 0 Å². The van der Waals surface area contributed by atoms with Gasteiger partial charge in [-0.25, -0.2) is 0 Å². The molecule has 9 rings (SSSR count). The third-order valence-corrected chi connectivity index (χ3v) is 12.3. The highest BCUT2D eigenvalue weighted by Crippen LogP contribution is 2.46. The Labute approximate surface area is 337 Å². The second-order valence-electron chi connectivity index (χ2n) is 15.8. The lowest BCUT2D eigenvalue weighted by atomic mass is 9.83. The number of hydrogen-bond acceptors (Lipinski definition) is 1. The van der Waals surface area contributed by atoms with Crippen molar-refractivity contribution in [1.29, 1.82) is 0 Å². The summed E-state index contributed by atoms with van der Waals surface area (Å²) >= 11 is 4.38. The van der Waals surface area contributed by atoms with E-state index in [1.165, 1.54) is 150 Å². The van der Waals surface area contributed by atoms with Crippen LogP contribution >= 0.6 is 12.6 Å². The first-order valence-electron chi connectivity index (χ1n) is 20.8. The van der Waals surface area contributed by atoms with Gasteiger partial charge in [-0.05, 0) is 137 Å². The van der Waals surface area contributed by atoms with Gasteiger partial charge in [0, 0.05) is 0 Å². The van der Waals surface area contributed by atoms with Crippen molar-refractivity contribution in [2.45, 2.75) is 64.7 Å². The molecule has 0 N–H and O–H groups in total. The van der Waals surface area contributed by atoms with Crippen molar-refractivity contribution in [3.8, 4) is 33.4 Å². The quantitative estimate of drug-likeness (QED) is 0.0517. The van der Waals surface area contributed by atoms with Gasteiger partial charge in [0.1, 0.15) is 0 Å². The van der Waals surface area contributed by atoms with Crippen molar-refractivity contribution in [3.05, 3.63) is 169 Å². The van der Waals surface area contributed by atoms with E-state index in [1.807, 2.05) is 0 Å². The minimum Gasteiger partial charge on any atom is -0.179 e. The van der Waals surface area contributed by atoms with E-state index in [9.17, 15) is 0 Å². The van der Waals surface area contributed by atoms with E-state index in [2.05, 4.69) is 177 Å². The van der Waals surface area contributed by atoms with Crippen LogP contribution in [-0.2, 0) is 6.42 Å². The van der Waals surface area contributed by atoms with E-state index >= 15 is 0 Å². The van der Waals surface area contributed by atoms with E-state index in [-0.39, 0.29) is 0 Å². The Bertz CT molecular complexity index is 2790. The lowest BCUT2D eigenvalue weighted by Crippen LogP contribution is -1.94. The summed E-state index contributed by atoms with van der Waals surface area (Å²) in [6.45, 7) is 2.23. The number of hydrogen-bond donors (Lipinski definition) is 1. The summed E-state index contributed by atoms with van der Waals surface area (Å²) in [6, 6.07) is 59.5. The summed E-state index contributed by atoms with van der Waals surface area (Å²) in [5.74, 6) is 1.01. The number of aryl methyl sites for hydroxylation is 2. The van der Waals surface area contributed by atoms with Crippen molar-refractivity contribution in [2.75, 3.05) is 5.75 Å². The third-order valence-electron chi connectivity index (χ3n) is 12.0. The number of unbranched alkanes of at least 4 members (excludes halogenated alkanes) is 7. The van der Waals surface area contributed by atoms with Crippen molar-refractivity contribution < 1.29 is 0 Å². The van der Waals surface area contributed by atoms with Crippen LogP contribution in [0, 0.1) is 6.92 Å².